The molecule has 0 radical (unpaired) electrons. The molecule has 200 valence electrons. The van der Waals surface area contributed by atoms with Crippen LogP contribution < -0.4 is 9.75 Å². The highest BCUT2D eigenvalue weighted by atomic mass is 28.3. The van der Waals surface area contributed by atoms with E-state index in [0.717, 1.165) is 0 Å². The van der Waals surface area contributed by atoms with Gasteiger partial charge in [0, 0.05) is 6.07 Å². The average Bonchev–Trinajstić information content (AvgIpc) is 2.83. The van der Waals surface area contributed by atoms with E-state index in [9.17, 15) is 0 Å². The van der Waals surface area contributed by atoms with Crippen LogP contribution in [0.1, 0.15) is 77.6 Å². The first-order valence-electron chi connectivity index (χ1n) is 14.1. The largest absolute Gasteiger partial charge is 0.220 e. The summed E-state index contributed by atoms with van der Waals surface area (Å²) in [4.78, 5) is 0. The molecule has 0 fully saturated rings. The third-order valence-corrected chi connectivity index (χ3v) is 14.4. The Morgan fingerprint density at radius 3 is 1.89 bits per heavy atom. The molecule has 0 atom stereocenters. The Hall–Kier alpha value is -2.71. The van der Waals surface area contributed by atoms with E-state index in [1.807, 2.05) is 0 Å². The van der Waals surface area contributed by atoms with E-state index in [4.69, 9.17) is 0 Å². The number of pyridine rings is 1. The van der Waals surface area contributed by atoms with Crippen LogP contribution in [0.15, 0.2) is 72.9 Å². The number of rotatable bonds is 4. The number of benzene rings is 3. The molecule has 38 heavy (non-hydrogen) atoms. The number of aryl methyl sites for hydroxylation is 1. The molecule has 1 nitrogen and oxygen atoms in total. The Morgan fingerprint density at radius 2 is 1.32 bits per heavy atom. The second-order valence-electron chi connectivity index (χ2n) is 14.4. The summed E-state index contributed by atoms with van der Waals surface area (Å²) in [5, 5.41) is 4.28. The summed E-state index contributed by atoms with van der Waals surface area (Å²) in [7, 11) is 0.334. The Kier molecular flexibility index (Phi) is 7.06. The zero-order valence-electron chi connectivity index (χ0n) is 25.9. The third-order valence-electron chi connectivity index (χ3n) is 9.25. The Balaban J connectivity index is 1.95. The van der Waals surface area contributed by atoms with Gasteiger partial charge in [0.2, 0.25) is 5.69 Å². The van der Waals surface area contributed by atoms with Crippen molar-refractivity contribution in [2.24, 2.45) is 7.05 Å². The predicted molar refractivity (Wildman–Crippen MR) is 169 cm³/mol. The lowest BCUT2D eigenvalue weighted by atomic mass is 9.76. The van der Waals surface area contributed by atoms with Crippen LogP contribution in [-0.2, 0) is 22.9 Å². The Morgan fingerprint density at radius 1 is 0.684 bits per heavy atom. The van der Waals surface area contributed by atoms with Gasteiger partial charge in [-0.15, -0.1) is 0 Å². The van der Waals surface area contributed by atoms with Crippen molar-refractivity contribution in [1.29, 1.82) is 0 Å². The molecule has 0 spiro atoms. The van der Waals surface area contributed by atoms with Crippen molar-refractivity contribution in [3.05, 3.63) is 95.2 Å². The second-order valence-corrected chi connectivity index (χ2v) is 19.5. The molecule has 0 saturated carbocycles. The Bertz CT molecular complexity index is 1480. The van der Waals surface area contributed by atoms with Crippen molar-refractivity contribution < 1.29 is 4.57 Å². The quantitative estimate of drug-likeness (QED) is 0.186. The molecule has 0 unspecified atom stereocenters. The van der Waals surface area contributed by atoms with Gasteiger partial charge in [0.25, 0.3) is 0 Å². The summed E-state index contributed by atoms with van der Waals surface area (Å²) >= 11 is 0. The van der Waals surface area contributed by atoms with Gasteiger partial charge in [-0.3, -0.25) is 0 Å². The van der Waals surface area contributed by atoms with E-state index in [2.05, 4.69) is 160 Å². The molecule has 4 aromatic rings. The SMILES string of the molecule is Cc1c(-c2c3ccc([Si](C)(C)C(C)(C)c4ccccc4)cc3cc[n+]2C)cc(C(C)(C)C)cc1C(C)(C)C. The molecule has 2 heteroatoms. The monoisotopic (exact) mass is 522 g/mol. The first-order chi connectivity index (χ1) is 17.5. The summed E-state index contributed by atoms with van der Waals surface area (Å²) in [5.74, 6) is 0. The predicted octanol–water partition coefficient (Wildman–Crippen LogP) is 8.67. The minimum atomic E-state index is -1.86. The van der Waals surface area contributed by atoms with Gasteiger partial charge < -0.3 is 0 Å². The molecular weight excluding hydrogens is 474 g/mol. The molecule has 0 aliphatic rings. The van der Waals surface area contributed by atoms with Crippen LogP contribution in [0, 0.1) is 6.92 Å². The smallest absolute Gasteiger partial charge is 0.200 e. The fourth-order valence-corrected chi connectivity index (χ4v) is 8.47. The minimum absolute atomic E-state index is 0.0784. The van der Waals surface area contributed by atoms with E-state index < -0.39 is 8.07 Å². The molecule has 3 aromatic carbocycles. The van der Waals surface area contributed by atoms with Crippen molar-refractivity contribution in [2.45, 2.75) is 91.3 Å². The lowest BCUT2D eigenvalue weighted by Gasteiger charge is -2.41. The maximum absolute atomic E-state index is 2.53. The first kappa shape index (κ1) is 28.3. The average molecular weight is 523 g/mol. The van der Waals surface area contributed by atoms with Gasteiger partial charge in [-0.25, -0.2) is 4.57 Å². The van der Waals surface area contributed by atoms with Crippen molar-refractivity contribution in [1.82, 2.24) is 0 Å². The van der Waals surface area contributed by atoms with E-state index in [0.29, 0.717) is 0 Å². The van der Waals surface area contributed by atoms with Crippen molar-refractivity contribution in [3.8, 4) is 11.3 Å². The summed E-state index contributed by atoms with van der Waals surface area (Å²) in [6.45, 7) is 26.2. The van der Waals surface area contributed by atoms with E-state index in [1.54, 1.807) is 0 Å². The number of hydrogen-bond acceptors (Lipinski definition) is 0. The van der Waals surface area contributed by atoms with Crippen LogP contribution in [0.25, 0.3) is 22.0 Å². The minimum Gasteiger partial charge on any atom is -0.200 e. The van der Waals surface area contributed by atoms with Crippen LogP contribution in [-0.4, -0.2) is 8.07 Å². The van der Waals surface area contributed by atoms with Gasteiger partial charge in [-0.1, -0.05) is 122 Å². The molecule has 0 amide bonds. The highest BCUT2D eigenvalue weighted by Gasteiger charge is 2.42. The first-order valence-corrected chi connectivity index (χ1v) is 17.1. The number of aromatic nitrogens is 1. The van der Waals surface area contributed by atoms with Gasteiger partial charge in [0.15, 0.2) is 6.20 Å². The van der Waals surface area contributed by atoms with E-state index >= 15 is 0 Å². The molecule has 0 saturated heterocycles. The second kappa shape index (κ2) is 9.49. The molecule has 0 bridgehead atoms. The normalized spacial score (nSPS) is 13.3. The van der Waals surface area contributed by atoms with Crippen LogP contribution in [0.5, 0.6) is 0 Å². The van der Waals surface area contributed by atoms with Gasteiger partial charge in [0.05, 0.1) is 19.0 Å². The lowest BCUT2D eigenvalue weighted by Crippen LogP contribution is -2.57. The van der Waals surface area contributed by atoms with Gasteiger partial charge >= 0.3 is 0 Å². The zero-order valence-corrected chi connectivity index (χ0v) is 26.9. The number of nitrogens with zero attached hydrogens (tertiary/aromatic N) is 1. The molecule has 4 rings (SSSR count). The maximum atomic E-state index is 2.53. The zero-order chi connectivity index (χ0) is 28.3. The third kappa shape index (κ3) is 4.88. The van der Waals surface area contributed by atoms with E-state index in [1.165, 1.54) is 49.5 Å². The Labute approximate surface area is 233 Å². The van der Waals surface area contributed by atoms with Crippen molar-refractivity contribution >= 4 is 24.0 Å². The summed E-state index contributed by atoms with van der Waals surface area (Å²) < 4.78 is 2.32. The van der Waals surface area contributed by atoms with Crippen molar-refractivity contribution in [2.75, 3.05) is 0 Å². The highest BCUT2D eigenvalue weighted by Crippen LogP contribution is 2.39. The molecule has 1 aromatic heterocycles. The van der Waals surface area contributed by atoms with Gasteiger partial charge in [-0.05, 0) is 62.6 Å². The highest BCUT2D eigenvalue weighted by molar-refractivity contribution is 6.92. The molecule has 0 N–H and O–H groups in total. The summed E-state index contributed by atoms with van der Waals surface area (Å²) in [6, 6.07) is 25.6. The van der Waals surface area contributed by atoms with Gasteiger partial charge in [0.1, 0.15) is 7.05 Å². The van der Waals surface area contributed by atoms with E-state index in [-0.39, 0.29) is 15.9 Å². The fraction of sp³-hybridized carbons (Fsp3) is 0.417. The maximum Gasteiger partial charge on any atom is 0.220 e. The summed E-state index contributed by atoms with van der Waals surface area (Å²) in [5.41, 5.74) is 8.47. The van der Waals surface area contributed by atoms with Crippen LogP contribution in [0.2, 0.25) is 13.1 Å². The van der Waals surface area contributed by atoms with Crippen molar-refractivity contribution in [3.63, 3.8) is 0 Å². The fourth-order valence-electron chi connectivity index (χ4n) is 5.85. The van der Waals surface area contributed by atoms with Crippen LogP contribution in [0.4, 0.5) is 0 Å². The topological polar surface area (TPSA) is 3.88 Å². The summed E-state index contributed by atoms with van der Waals surface area (Å²) in [6.07, 6.45) is 2.25. The molecule has 1 heterocycles. The number of hydrogen-bond donors (Lipinski definition) is 0. The van der Waals surface area contributed by atoms with Crippen LogP contribution in [0.3, 0.4) is 0 Å². The standard InChI is InChI=1S/C36H48NSi/c1-25-31(23-28(34(2,3)4)24-32(25)35(5,6)7)33-30-19-18-29(22-26(30)20-21-37(33)10)38(11,12)36(8,9)27-16-14-13-15-17-27/h13-24H,1-12H3/q+1. The molecule has 0 aliphatic heterocycles. The number of fused-ring (bicyclic) bond motifs is 1. The molecule has 0 aliphatic carbocycles. The van der Waals surface area contributed by atoms with Gasteiger partial charge in [-0.2, -0.15) is 0 Å². The molecular formula is C36H48NSi+. The lowest BCUT2D eigenvalue weighted by molar-refractivity contribution is -0.659. The van der Waals surface area contributed by atoms with Crippen LogP contribution >= 0.6 is 0 Å².